The van der Waals surface area contributed by atoms with Crippen molar-refractivity contribution in [3.8, 4) is 0 Å². The van der Waals surface area contributed by atoms with Gasteiger partial charge in [0, 0.05) is 43.5 Å². The van der Waals surface area contributed by atoms with E-state index in [-0.39, 0.29) is 12.0 Å². The van der Waals surface area contributed by atoms with Crippen LogP contribution in [0.2, 0.25) is 0 Å². The number of carbonyl (C=O) groups excluding carboxylic acids is 1. The first-order valence-electron chi connectivity index (χ1n) is 8.26. The molecule has 0 saturated carbocycles. The van der Waals surface area contributed by atoms with E-state index in [1.807, 2.05) is 10.4 Å². The lowest BCUT2D eigenvalue weighted by Crippen LogP contribution is -2.37. The molecule has 0 unspecified atom stereocenters. The molecule has 2 fully saturated rings. The summed E-state index contributed by atoms with van der Waals surface area (Å²) < 4.78 is 11.3. The number of hydrogen-bond acceptors (Lipinski definition) is 6. The molecule has 2 aliphatic heterocycles. The summed E-state index contributed by atoms with van der Waals surface area (Å²) in [5.74, 6) is 0.712. The largest absolute Gasteiger partial charge is 0.459 e. The fourth-order valence-electron chi connectivity index (χ4n) is 3.53. The van der Waals surface area contributed by atoms with E-state index in [2.05, 4.69) is 16.8 Å². The molecule has 2 saturated heterocycles. The molecule has 2 aromatic heterocycles. The van der Waals surface area contributed by atoms with E-state index in [1.165, 1.54) is 4.88 Å². The van der Waals surface area contributed by atoms with Crippen molar-refractivity contribution in [1.82, 2.24) is 14.8 Å². The highest BCUT2D eigenvalue weighted by Crippen LogP contribution is 2.27. The van der Waals surface area contributed by atoms with Crippen LogP contribution >= 0.6 is 11.3 Å². The van der Waals surface area contributed by atoms with Gasteiger partial charge < -0.3 is 14.1 Å². The molecule has 128 valence electrons. The first kappa shape index (κ1) is 15.8. The molecule has 6 nitrogen and oxygen atoms in total. The maximum Gasteiger partial charge on any atom is 0.289 e. The Morgan fingerprint density at radius 2 is 2.33 bits per heavy atom. The molecule has 0 spiro atoms. The lowest BCUT2D eigenvalue weighted by Gasteiger charge is -2.22. The van der Waals surface area contributed by atoms with Crippen LogP contribution in [0.4, 0.5) is 0 Å². The van der Waals surface area contributed by atoms with Crippen LogP contribution in [0.5, 0.6) is 0 Å². The Bertz CT molecular complexity index is 700. The summed E-state index contributed by atoms with van der Waals surface area (Å²) in [6.45, 7) is 6.78. The second-order valence-corrected chi connectivity index (χ2v) is 7.39. The summed E-state index contributed by atoms with van der Waals surface area (Å²) in [4.78, 5) is 22.5. The molecule has 2 aromatic rings. The van der Waals surface area contributed by atoms with E-state index < -0.39 is 0 Å². The second-order valence-electron chi connectivity index (χ2n) is 6.45. The summed E-state index contributed by atoms with van der Waals surface area (Å²) >= 11 is 1.71. The maximum absolute atomic E-state index is 12.5. The van der Waals surface area contributed by atoms with Gasteiger partial charge in [0.1, 0.15) is 0 Å². The van der Waals surface area contributed by atoms with Gasteiger partial charge in [-0.1, -0.05) is 0 Å². The molecule has 0 aliphatic carbocycles. The van der Waals surface area contributed by atoms with Crippen molar-refractivity contribution >= 4 is 17.2 Å². The highest BCUT2D eigenvalue weighted by Gasteiger charge is 2.38. The SMILES string of the molecule is Cc1ncsc1CN1C[C@@H]2CN(C(=O)c3ccco3)CCO[C@@H]2C1. The van der Waals surface area contributed by atoms with E-state index in [0.29, 0.717) is 24.8 Å². The van der Waals surface area contributed by atoms with Gasteiger partial charge in [0.25, 0.3) is 5.91 Å². The van der Waals surface area contributed by atoms with E-state index >= 15 is 0 Å². The van der Waals surface area contributed by atoms with Crippen LogP contribution in [-0.2, 0) is 11.3 Å². The Balaban J connectivity index is 1.42. The Hall–Kier alpha value is -1.70. The minimum atomic E-state index is -0.0407. The zero-order chi connectivity index (χ0) is 16.5. The minimum absolute atomic E-state index is 0.0407. The third-order valence-corrected chi connectivity index (χ3v) is 5.76. The van der Waals surface area contributed by atoms with Gasteiger partial charge in [0.05, 0.1) is 30.2 Å². The highest BCUT2D eigenvalue weighted by molar-refractivity contribution is 7.09. The summed E-state index contributed by atoms with van der Waals surface area (Å²) in [6, 6.07) is 3.47. The number of thiazole rings is 1. The number of hydrogen-bond donors (Lipinski definition) is 0. The van der Waals surface area contributed by atoms with Crippen LogP contribution < -0.4 is 0 Å². The lowest BCUT2D eigenvalue weighted by molar-refractivity contribution is 0.0499. The van der Waals surface area contributed by atoms with Crippen molar-refractivity contribution in [2.45, 2.75) is 19.6 Å². The number of amides is 1. The van der Waals surface area contributed by atoms with Gasteiger partial charge in [-0.15, -0.1) is 11.3 Å². The number of furan rings is 1. The zero-order valence-corrected chi connectivity index (χ0v) is 14.5. The topological polar surface area (TPSA) is 58.8 Å². The highest BCUT2D eigenvalue weighted by atomic mass is 32.1. The zero-order valence-electron chi connectivity index (χ0n) is 13.7. The molecule has 0 aromatic carbocycles. The van der Waals surface area contributed by atoms with Gasteiger partial charge in [0.2, 0.25) is 0 Å². The Kier molecular flexibility index (Phi) is 4.39. The number of likely N-dealkylation sites (tertiary alicyclic amines) is 1. The van der Waals surface area contributed by atoms with Crippen molar-refractivity contribution in [3.05, 3.63) is 40.2 Å². The number of rotatable bonds is 3. The third kappa shape index (κ3) is 3.11. The number of ether oxygens (including phenoxy) is 1. The molecular formula is C17H21N3O3S. The summed E-state index contributed by atoms with van der Waals surface area (Å²) in [6.07, 6.45) is 1.74. The smallest absolute Gasteiger partial charge is 0.289 e. The van der Waals surface area contributed by atoms with Crippen LogP contribution in [-0.4, -0.2) is 59.6 Å². The standard InChI is InChI=1S/C17H21N3O3S/c1-12-16(24-11-18-12)10-19-7-13-8-20(4-6-23-15(13)9-19)17(21)14-3-2-5-22-14/h2-3,5,11,13,15H,4,6-10H2,1H3/t13-,15-/m1/s1. The van der Waals surface area contributed by atoms with Crippen molar-refractivity contribution in [2.75, 3.05) is 32.8 Å². The fourth-order valence-corrected chi connectivity index (χ4v) is 4.35. The predicted molar refractivity (Wildman–Crippen MR) is 90.0 cm³/mol. The summed E-state index contributed by atoms with van der Waals surface area (Å²) in [5, 5.41) is 0. The van der Waals surface area contributed by atoms with Crippen molar-refractivity contribution in [1.29, 1.82) is 0 Å². The fraction of sp³-hybridized carbons (Fsp3) is 0.529. The average Bonchev–Trinajstić information content (AvgIpc) is 3.28. The summed E-state index contributed by atoms with van der Waals surface area (Å²) in [7, 11) is 0. The molecule has 0 bridgehead atoms. The first-order valence-corrected chi connectivity index (χ1v) is 9.14. The first-order chi connectivity index (χ1) is 11.7. The predicted octanol–water partition coefficient (Wildman–Crippen LogP) is 2.02. The quantitative estimate of drug-likeness (QED) is 0.850. The average molecular weight is 347 g/mol. The third-order valence-electron chi connectivity index (χ3n) is 4.84. The lowest BCUT2D eigenvalue weighted by atomic mass is 10.1. The van der Waals surface area contributed by atoms with Gasteiger partial charge >= 0.3 is 0 Å². The number of carbonyl (C=O) groups is 1. The molecule has 2 atom stereocenters. The number of aryl methyl sites for hydroxylation is 1. The molecule has 2 aliphatic rings. The molecule has 1 amide bonds. The van der Waals surface area contributed by atoms with E-state index in [9.17, 15) is 4.79 Å². The van der Waals surface area contributed by atoms with Crippen molar-refractivity contribution < 1.29 is 13.9 Å². The Morgan fingerprint density at radius 3 is 3.08 bits per heavy atom. The molecule has 4 rings (SSSR count). The van der Waals surface area contributed by atoms with Gasteiger partial charge in [-0.05, 0) is 19.1 Å². The Morgan fingerprint density at radius 1 is 1.42 bits per heavy atom. The van der Waals surface area contributed by atoms with Gasteiger partial charge in [-0.2, -0.15) is 0 Å². The number of nitrogens with zero attached hydrogens (tertiary/aromatic N) is 3. The van der Waals surface area contributed by atoms with Crippen LogP contribution in [0, 0.1) is 12.8 Å². The van der Waals surface area contributed by atoms with Gasteiger partial charge in [-0.25, -0.2) is 4.98 Å². The van der Waals surface area contributed by atoms with E-state index in [0.717, 1.165) is 31.9 Å². The van der Waals surface area contributed by atoms with Crippen LogP contribution in [0.15, 0.2) is 28.3 Å². The molecule has 24 heavy (non-hydrogen) atoms. The van der Waals surface area contributed by atoms with Crippen LogP contribution in [0.3, 0.4) is 0 Å². The molecule has 0 radical (unpaired) electrons. The van der Waals surface area contributed by atoms with Gasteiger partial charge in [0.15, 0.2) is 5.76 Å². The monoisotopic (exact) mass is 347 g/mol. The number of fused-ring (bicyclic) bond motifs is 1. The van der Waals surface area contributed by atoms with Gasteiger partial charge in [-0.3, -0.25) is 9.69 Å². The molecule has 4 heterocycles. The van der Waals surface area contributed by atoms with E-state index in [1.54, 1.807) is 29.7 Å². The maximum atomic E-state index is 12.5. The Labute approximate surface area is 145 Å². The van der Waals surface area contributed by atoms with E-state index in [4.69, 9.17) is 9.15 Å². The number of aromatic nitrogens is 1. The second kappa shape index (κ2) is 6.66. The molecular weight excluding hydrogens is 326 g/mol. The normalized spacial score (nSPS) is 24.8. The molecule has 7 heteroatoms. The van der Waals surface area contributed by atoms with Crippen LogP contribution in [0.25, 0.3) is 0 Å². The molecule has 0 N–H and O–H groups in total. The van der Waals surface area contributed by atoms with Crippen molar-refractivity contribution in [2.24, 2.45) is 5.92 Å². The van der Waals surface area contributed by atoms with Crippen molar-refractivity contribution in [3.63, 3.8) is 0 Å². The van der Waals surface area contributed by atoms with Crippen LogP contribution in [0.1, 0.15) is 21.1 Å². The minimum Gasteiger partial charge on any atom is -0.459 e. The summed E-state index contributed by atoms with van der Waals surface area (Å²) in [5.41, 5.74) is 3.02.